The minimum absolute atomic E-state index is 0.940. The largest absolute Gasteiger partial charge is 0.357 e. The lowest BCUT2D eigenvalue weighted by molar-refractivity contribution is 0.457. The molecule has 0 radical (unpaired) electrons. The predicted molar refractivity (Wildman–Crippen MR) is 116 cm³/mol. The first-order valence-electron chi connectivity index (χ1n) is 9.61. The van der Waals surface area contributed by atoms with Crippen molar-refractivity contribution in [2.45, 2.75) is 34.1 Å². The number of nitrogens with zero attached hydrogens (tertiary/aromatic N) is 4. The van der Waals surface area contributed by atoms with E-state index in [4.69, 9.17) is 9.98 Å². The van der Waals surface area contributed by atoms with Gasteiger partial charge in [-0.1, -0.05) is 36.4 Å². The van der Waals surface area contributed by atoms with Crippen LogP contribution in [0.3, 0.4) is 0 Å². The summed E-state index contributed by atoms with van der Waals surface area (Å²) in [4.78, 5) is 14.7. The Kier molecular flexibility index (Phi) is 5.64. The molecule has 4 heteroatoms. The zero-order valence-electron chi connectivity index (χ0n) is 17.4. The summed E-state index contributed by atoms with van der Waals surface area (Å²) in [5.41, 5.74) is 6.85. The summed E-state index contributed by atoms with van der Waals surface area (Å²) in [6.07, 6.45) is 1.09. The van der Waals surface area contributed by atoms with E-state index in [2.05, 4.69) is 88.0 Å². The van der Waals surface area contributed by atoms with Crippen molar-refractivity contribution < 1.29 is 0 Å². The maximum atomic E-state index is 5.12. The molecule has 1 fully saturated rings. The Morgan fingerprint density at radius 2 is 0.963 bits per heavy atom. The van der Waals surface area contributed by atoms with Crippen LogP contribution < -0.4 is 0 Å². The zero-order chi connectivity index (χ0) is 19.6. The molecule has 1 saturated heterocycles. The Labute approximate surface area is 163 Å². The molecule has 2 aromatic carbocycles. The van der Waals surface area contributed by atoms with Gasteiger partial charge in [0.2, 0.25) is 0 Å². The molecule has 1 aliphatic heterocycles. The van der Waals surface area contributed by atoms with Crippen molar-refractivity contribution in [3.63, 3.8) is 0 Å². The van der Waals surface area contributed by atoms with E-state index in [0.29, 0.717) is 0 Å². The van der Waals surface area contributed by atoms with E-state index in [1.165, 1.54) is 22.3 Å². The summed E-state index contributed by atoms with van der Waals surface area (Å²) in [5.74, 6) is 1.88. The van der Waals surface area contributed by atoms with E-state index >= 15 is 0 Å². The molecule has 0 aliphatic carbocycles. The van der Waals surface area contributed by atoms with Crippen molar-refractivity contribution in [3.8, 4) is 0 Å². The van der Waals surface area contributed by atoms with Gasteiger partial charge >= 0.3 is 0 Å². The fraction of sp³-hybridized carbons (Fsp3) is 0.391. The highest BCUT2D eigenvalue weighted by Crippen LogP contribution is 2.27. The van der Waals surface area contributed by atoms with E-state index in [-0.39, 0.29) is 0 Å². The average molecular weight is 363 g/mol. The van der Waals surface area contributed by atoms with Crippen molar-refractivity contribution in [2.75, 3.05) is 27.2 Å². The third-order valence-corrected chi connectivity index (χ3v) is 5.22. The Morgan fingerprint density at radius 1 is 0.630 bits per heavy atom. The van der Waals surface area contributed by atoms with Crippen LogP contribution in [-0.2, 0) is 0 Å². The van der Waals surface area contributed by atoms with E-state index in [1.807, 2.05) is 0 Å². The van der Waals surface area contributed by atoms with E-state index < -0.39 is 0 Å². The van der Waals surface area contributed by atoms with Crippen LogP contribution >= 0.6 is 0 Å². The molecule has 0 unspecified atom stereocenters. The number of aliphatic imine (C=N–C) groups is 2. The van der Waals surface area contributed by atoms with Crippen LogP contribution in [0.5, 0.6) is 0 Å². The van der Waals surface area contributed by atoms with E-state index in [0.717, 1.165) is 42.6 Å². The monoisotopic (exact) mass is 362 g/mol. The van der Waals surface area contributed by atoms with Crippen molar-refractivity contribution >= 4 is 23.0 Å². The smallest absolute Gasteiger partial charge is 0.172 e. The second-order valence-corrected chi connectivity index (χ2v) is 7.55. The van der Waals surface area contributed by atoms with Crippen molar-refractivity contribution in [1.29, 1.82) is 0 Å². The standard InChI is InChI=1S/C23H30N4/c1-16-10-7-11-17(2)20(16)24-22-23(27(6)15-9-14-26(22)5)25-21-18(3)12-8-13-19(21)4/h7-8,10-13H,9,14-15H2,1-6H3. The summed E-state index contributed by atoms with van der Waals surface area (Å²) in [6, 6.07) is 12.7. The van der Waals surface area contributed by atoms with Gasteiger partial charge in [0, 0.05) is 27.2 Å². The second kappa shape index (κ2) is 7.95. The van der Waals surface area contributed by atoms with Gasteiger partial charge in [-0.2, -0.15) is 0 Å². The van der Waals surface area contributed by atoms with Gasteiger partial charge < -0.3 is 9.80 Å². The van der Waals surface area contributed by atoms with Gasteiger partial charge in [-0.05, 0) is 56.4 Å². The first-order valence-corrected chi connectivity index (χ1v) is 9.61. The highest BCUT2D eigenvalue weighted by Gasteiger charge is 2.23. The first kappa shape index (κ1) is 19.2. The van der Waals surface area contributed by atoms with Gasteiger partial charge in [0.1, 0.15) is 0 Å². The lowest BCUT2D eigenvalue weighted by Crippen LogP contribution is -2.38. The normalized spacial score (nSPS) is 18.3. The summed E-state index contributed by atoms with van der Waals surface area (Å²) < 4.78 is 0. The van der Waals surface area contributed by atoms with Gasteiger partial charge in [-0.3, -0.25) is 0 Å². The third-order valence-electron chi connectivity index (χ3n) is 5.22. The third kappa shape index (κ3) is 4.05. The molecule has 0 aromatic heterocycles. The lowest BCUT2D eigenvalue weighted by atomic mass is 10.1. The Morgan fingerprint density at radius 3 is 1.30 bits per heavy atom. The van der Waals surface area contributed by atoms with Crippen molar-refractivity contribution in [1.82, 2.24) is 9.80 Å². The second-order valence-electron chi connectivity index (χ2n) is 7.55. The predicted octanol–water partition coefficient (Wildman–Crippen LogP) is 4.95. The maximum Gasteiger partial charge on any atom is 0.172 e. The molecule has 0 bridgehead atoms. The molecule has 2 aromatic rings. The molecular weight excluding hydrogens is 332 g/mol. The van der Waals surface area contributed by atoms with Crippen molar-refractivity contribution in [2.24, 2.45) is 9.98 Å². The van der Waals surface area contributed by atoms with Gasteiger partial charge in [0.25, 0.3) is 0 Å². The molecule has 3 rings (SSSR count). The SMILES string of the molecule is Cc1cccc(C)c1N=C1C(=Nc2c(C)cccc2C)N(C)CCCN1C. The first-order chi connectivity index (χ1) is 12.9. The number of hydrogen-bond acceptors (Lipinski definition) is 2. The van der Waals surface area contributed by atoms with Gasteiger partial charge in [-0.15, -0.1) is 0 Å². The van der Waals surface area contributed by atoms with E-state index in [1.54, 1.807) is 0 Å². The lowest BCUT2D eigenvalue weighted by Gasteiger charge is -2.24. The molecule has 0 N–H and O–H groups in total. The van der Waals surface area contributed by atoms with Crippen LogP contribution in [0.1, 0.15) is 28.7 Å². The highest BCUT2D eigenvalue weighted by atomic mass is 15.3. The Bertz CT molecular complexity index is 781. The minimum atomic E-state index is 0.940. The summed E-state index contributed by atoms with van der Waals surface area (Å²) >= 11 is 0. The average Bonchev–Trinajstić information content (AvgIpc) is 2.74. The molecule has 1 aliphatic rings. The molecule has 1 heterocycles. The molecule has 0 spiro atoms. The van der Waals surface area contributed by atoms with Crippen LogP contribution in [0.2, 0.25) is 0 Å². The number of likely N-dealkylation sites (N-methyl/N-ethyl adjacent to an activating group) is 2. The quantitative estimate of drug-likeness (QED) is 0.757. The molecule has 142 valence electrons. The number of para-hydroxylation sites is 2. The number of amidine groups is 2. The number of aryl methyl sites for hydroxylation is 4. The number of benzene rings is 2. The topological polar surface area (TPSA) is 31.2 Å². The summed E-state index contributed by atoms with van der Waals surface area (Å²) in [7, 11) is 4.23. The number of hydrogen-bond donors (Lipinski definition) is 0. The molecule has 4 nitrogen and oxygen atoms in total. The van der Waals surface area contributed by atoms with Gasteiger partial charge in [0.05, 0.1) is 11.4 Å². The minimum Gasteiger partial charge on any atom is -0.357 e. The molecule has 0 atom stereocenters. The zero-order valence-corrected chi connectivity index (χ0v) is 17.4. The summed E-state index contributed by atoms with van der Waals surface area (Å²) in [5, 5.41) is 0. The van der Waals surface area contributed by atoms with Gasteiger partial charge in [0.15, 0.2) is 11.7 Å². The van der Waals surface area contributed by atoms with Crippen molar-refractivity contribution in [3.05, 3.63) is 58.7 Å². The fourth-order valence-electron chi connectivity index (χ4n) is 3.54. The van der Waals surface area contributed by atoms with E-state index in [9.17, 15) is 0 Å². The van der Waals surface area contributed by atoms with Crippen LogP contribution in [-0.4, -0.2) is 48.7 Å². The van der Waals surface area contributed by atoms with Gasteiger partial charge in [-0.25, -0.2) is 9.98 Å². The maximum absolute atomic E-state index is 5.12. The summed E-state index contributed by atoms with van der Waals surface area (Å²) in [6.45, 7) is 10.4. The van der Waals surface area contributed by atoms with Crippen LogP contribution in [0, 0.1) is 27.7 Å². The molecule has 0 saturated carbocycles. The van der Waals surface area contributed by atoms with Crippen LogP contribution in [0.4, 0.5) is 11.4 Å². The molecular formula is C23H30N4. The Balaban J connectivity index is 2.21. The number of rotatable bonds is 2. The highest BCUT2D eigenvalue weighted by molar-refractivity contribution is 6.41. The Hall–Kier alpha value is -2.62. The fourth-order valence-corrected chi connectivity index (χ4v) is 3.54. The van der Waals surface area contributed by atoms with Crippen LogP contribution in [0.15, 0.2) is 46.4 Å². The van der Waals surface area contributed by atoms with Crippen LogP contribution in [0.25, 0.3) is 0 Å². The molecule has 27 heavy (non-hydrogen) atoms. The molecule has 0 amide bonds.